The van der Waals surface area contributed by atoms with Crippen LogP contribution >= 0.6 is 0 Å². The number of aromatic nitrogens is 1. The van der Waals surface area contributed by atoms with E-state index in [0.29, 0.717) is 4.90 Å². The summed E-state index contributed by atoms with van der Waals surface area (Å²) in [4.78, 5) is 4.67. The predicted molar refractivity (Wildman–Crippen MR) is 58.7 cm³/mol. The molecule has 4 heteroatoms. The fourth-order valence-corrected chi connectivity index (χ4v) is 3.96. The van der Waals surface area contributed by atoms with E-state index in [9.17, 15) is 8.42 Å². The van der Waals surface area contributed by atoms with Gasteiger partial charge in [-0.25, -0.2) is 8.42 Å². The molecule has 0 unspecified atom stereocenters. The summed E-state index contributed by atoms with van der Waals surface area (Å²) in [6.07, 6.45) is 4.94. The summed E-state index contributed by atoms with van der Waals surface area (Å²) in [5, 5.41) is 0. The highest BCUT2D eigenvalue weighted by Crippen LogP contribution is 2.31. The Morgan fingerprint density at radius 3 is 2.73 bits per heavy atom. The molecular formula is C11H15NO2S. The molecule has 2 heterocycles. The largest absolute Gasteiger partial charge is 0.264 e. The Bertz CT molecular complexity index is 477. The van der Waals surface area contributed by atoms with E-state index in [0.717, 1.165) is 24.0 Å². The second-order valence-electron chi connectivity index (χ2n) is 4.29. The Morgan fingerprint density at radius 1 is 1.33 bits per heavy atom. The Morgan fingerprint density at radius 2 is 2.07 bits per heavy atom. The molecule has 0 aromatic carbocycles. The number of nitrogens with zero attached hydrogens (tertiary/aromatic N) is 1. The quantitative estimate of drug-likeness (QED) is 0.733. The van der Waals surface area contributed by atoms with Gasteiger partial charge in [-0.05, 0) is 29.9 Å². The predicted octanol–water partition coefficient (Wildman–Crippen LogP) is 1.92. The van der Waals surface area contributed by atoms with Crippen LogP contribution in [0, 0.1) is 0 Å². The highest BCUT2D eigenvalue weighted by molar-refractivity contribution is 7.91. The fourth-order valence-electron chi connectivity index (χ4n) is 2.03. The number of rotatable bonds is 1. The summed E-state index contributed by atoms with van der Waals surface area (Å²) < 4.78 is 23.9. The lowest BCUT2D eigenvalue weighted by Crippen LogP contribution is -2.19. The number of fused-ring (bicyclic) bond motifs is 1. The summed E-state index contributed by atoms with van der Waals surface area (Å²) >= 11 is 0. The van der Waals surface area contributed by atoms with Gasteiger partial charge in [0, 0.05) is 12.4 Å². The van der Waals surface area contributed by atoms with Crippen molar-refractivity contribution in [2.45, 2.75) is 37.5 Å². The fraction of sp³-hybridized carbons (Fsp3) is 0.545. The molecule has 0 saturated carbocycles. The minimum absolute atomic E-state index is 0.209. The third-order valence-corrected chi connectivity index (χ3v) is 4.74. The van der Waals surface area contributed by atoms with E-state index >= 15 is 0 Å². The van der Waals surface area contributed by atoms with Crippen LogP contribution in [-0.4, -0.2) is 19.2 Å². The maximum atomic E-state index is 12.0. The van der Waals surface area contributed by atoms with Crippen LogP contribution in [0.3, 0.4) is 0 Å². The Balaban J connectivity index is 2.72. The molecule has 1 aromatic rings. The number of hydrogen-bond acceptors (Lipinski definition) is 3. The van der Waals surface area contributed by atoms with Crippen LogP contribution in [-0.2, 0) is 16.3 Å². The van der Waals surface area contributed by atoms with Crippen molar-refractivity contribution in [2.24, 2.45) is 0 Å². The Kier molecular flexibility index (Phi) is 2.54. The van der Waals surface area contributed by atoms with Gasteiger partial charge in [-0.15, -0.1) is 0 Å². The zero-order valence-electron chi connectivity index (χ0n) is 9.03. The summed E-state index contributed by atoms with van der Waals surface area (Å²) in [7, 11) is -3.06. The molecule has 0 spiro atoms. The highest BCUT2D eigenvalue weighted by atomic mass is 32.2. The van der Waals surface area contributed by atoms with Gasteiger partial charge in [-0.2, -0.15) is 0 Å². The lowest BCUT2D eigenvalue weighted by molar-refractivity contribution is 0.582. The lowest BCUT2D eigenvalue weighted by Gasteiger charge is -2.20. The smallest absolute Gasteiger partial charge is 0.179 e. The summed E-state index contributed by atoms with van der Waals surface area (Å²) in [5.74, 6) is 0.490. The van der Waals surface area contributed by atoms with E-state index in [1.807, 2.05) is 13.8 Å². The first-order valence-corrected chi connectivity index (χ1v) is 6.87. The normalized spacial score (nSPS) is 18.9. The van der Waals surface area contributed by atoms with Crippen molar-refractivity contribution in [2.75, 3.05) is 5.75 Å². The van der Waals surface area contributed by atoms with E-state index < -0.39 is 9.84 Å². The van der Waals surface area contributed by atoms with Crippen LogP contribution in [0.25, 0.3) is 0 Å². The maximum absolute atomic E-state index is 12.0. The molecule has 0 saturated heterocycles. The van der Waals surface area contributed by atoms with Crippen molar-refractivity contribution in [1.82, 2.24) is 4.98 Å². The first-order chi connectivity index (χ1) is 7.02. The van der Waals surface area contributed by atoms with Gasteiger partial charge in [0.25, 0.3) is 0 Å². The van der Waals surface area contributed by atoms with E-state index in [2.05, 4.69) is 4.98 Å². The summed E-state index contributed by atoms with van der Waals surface area (Å²) in [6.45, 7) is 4.00. The minimum atomic E-state index is -3.06. The molecule has 1 aromatic heterocycles. The van der Waals surface area contributed by atoms with E-state index in [1.54, 1.807) is 12.4 Å². The van der Waals surface area contributed by atoms with E-state index in [1.165, 1.54) is 0 Å². The number of pyridine rings is 1. The molecule has 2 rings (SSSR count). The number of sulfone groups is 1. The van der Waals surface area contributed by atoms with Crippen molar-refractivity contribution >= 4 is 9.84 Å². The molecule has 1 aliphatic heterocycles. The van der Waals surface area contributed by atoms with Crippen LogP contribution in [0.5, 0.6) is 0 Å². The van der Waals surface area contributed by atoms with Crippen molar-refractivity contribution in [3.8, 4) is 0 Å². The molecule has 0 radical (unpaired) electrons. The lowest BCUT2D eigenvalue weighted by atomic mass is 10.0. The highest BCUT2D eigenvalue weighted by Gasteiger charge is 2.27. The average molecular weight is 225 g/mol. The molecular weight excluding hydrogens is 210 g/mol. The van der Waals surface area contributed by atoms with Gasteiger partial charge in [0.05, 0.1) is 10.6 Å². The average Bonchev–Trinajstić information content (AvgIpc) is 2.16. The molecule has 1 aliphatic rings. The van der Waals surface area contributed by atoms with E-state index in [4.69, 9.17) is 0 Å². The first kappa shape index (κ1) is 10.6. The molecule has 0 bridgehead atoms. The summed E-state index contributed by atoms with van der Waals surface area (Å²) in [5.41, 5.74) is 1.76. The van der Waals surface area contributed by atoms with Gasteiger partial charge >= 0.3 is 0 Å². The van der Waals surface area contributed by atoms with E-state index in [-0.39, 0.29) is 11.7 Å². The van der Waals surface area contributed by atoms with Gasteiger partial charge < -0.3 is 0 Å². The van der Waals surface area contributed by atoms with Gasteiger partial charge in [-0.1, -0.05) is 13.8 Å². The van der Waals surface area contributed by atoms with Gasteiger partial charge in [-0.3, -0.25) is 4.98 Å². The van der Waals surface area contributed by atoms with Crippen LogP contribution in [0.2, 0.25) is 0 Å². The van der Waals surface area contributed by atoms with Crippen LogP contribution in [0.15, 0.2) is 17.3 Å². The first-order valence-electron chi connectivity index (χ1n) is 5.22. The van der Waals surface area contributed by atoms with Crippen LogP contribution in [0.4, 0.5) is 0 Å². The molecule has 0 aliphatic carbocycles. The third-order valence-electron chi connectivity index (χ3n) is 2.79. The standard InChI is InChI=1S/C11H15NO2S/c1-8(2)10-7-12-6-9-4-3-5-15(13,14)11(9)10/h6-8H,3-5H2,1-2H3. The maximum Gasteiger partial charge on any atom is 0.179 e. The molecule has 3 nitrogen and oxygen atoms in total. The summed E-state index contributed by atoms with van der Waals surface area (Å²) in [6, 6.07) is 0. The minimum Gasteiger partial charge on any atom is -0.264 e. The molecule has 0 N–H and O–H groups in total. The molecule has 0 amide bonds. The SMILES string of the molecule is CC(C)c1cncc2c1S(=O)(=O)CCC2. The zero-order valence-corrected chi connectivity index (χ0v) is 9.84. The molecule has 0 fully saturated rings. The van der Waals surface area contributed by atoms with Gasteiger partial charge in [0.1, 0.15) is 0 Å². The monoisotopic (exact) mass is 225 g/mol. The Labute approximate surface area is 90.5 Å². The Hall–Kier alpha value is -0.900. The second-order valence-corrected chi connectivity index (χ2v) is 6.34. The topological polar surface area (TPSA) is 47.0 Å². The van der Waals surface area contributed by atoms with Crippen molar-refractivity contribution in [3.05, 3.63) is 23.5 Å². The molecule has 82 valence electrons. The van der Waals surface area contributed by atoms with Crippen LogP contribution < -0.4 is 0 Å². The van der Waals surface area contributed by atoms with Gasteiger partial charge in [0.15, 0.2) is 9.84 Å². The second kappa shape index (κ2) is 3.59. The van der Waals surface area contributed by atoms with Crippen molar-refractivity contribution in [1.29, 1.82) is 0 Å². The number of aryl methyl sites for hydroxylation is 1. The zero-order chi connectivity index (χ0) is 11.1. The number of hydrogen-bond donors (Lipinski definition) is 0. The van der Waals surface area contributed by atoms with Crippen molar-refractivity contribution < 1.29 is 8.42 Å². The molecule has 0 atom stereocenters. The molecule has 15 heavy (non-hydrogen) atoms. The van der Waals surface area contributed by atoms with Crippen LogP contribution in [0.1, 0.15) is 37.3 Å². The van der Waals surface area contributed by atoms with Gasteiger partial charge in [0.2, 0.25) is 0 Å². The third kappa shape index (κ3) is 1.78. The van der Waals surface area contributed by atoms with Crippen molar-refractivity contribution in [3.63, 3.8) is 0 Å².